The topological polar surface area (TPSA) is 46.5 Å². The van der Waals surface area contributed by atoms with Crippen LogP contribution in [0.25, 0.3) is 0 Å². The predicted octanol–water partition coefficient (Wildman–Crippen LogP) is 6.03. The van der Waals surface area contributed by atoms with Crippen LogP contribution in [0.15, 0.2) is 36.4 Å². The monoisotopic (exact) mass is 332 g/mol. The van der Waals surface area contributed by atoms with Gasteiger partial charge in [0, 0.05) is 0 Å². The summed E-state index contributed by atoms with van der Waals surface area (Å²) >= 11 is 0. The van der Waals surface area contributed by atoms with Gasteiger partial charge in [-0.15, -0.1) is 0 Å². The highest BCUT2D eigenvalue weighted by Crippen LogP contribution is 2.12. The molecule has 1 aromatic carbocycles. The Balaban J connectivity index is 1.88. The van der Waals surface area contributed by atoms with Gasteiger partial charge in [0.25, 0.3) is 0 Å². The van der Waals surface area contributed by atoms with E-state index in [0.717, 1.165) is 12.8 Å². The van der Waals surface area contributed by atoms with Crippen molar-refractivity contribution in [1.29, 1.82) is 0 Å². The van der Waals surface area contributed by atoms with Crippen LogP contribution in [-0.2, 0) is 4.74 Å². The number of ether oxygens (including phenoxy) is 1. The molecule has 0 unspecified atom stereocenters. The van der Waals surface area contributed by atoms with E-state index >= 15 is 0 Å². The Bertz CT molecular complexity index is 462. The molecule has 1 rings (SSSR count). The summed E-state index contributed by atoms with van der Waals surface area (Å²) in [7, 11) is 0. The molecule has 0 aliphatic carbocycles. The number of hydrogen-bond acceptors (Lipinski definition) is 3. The molecule has 0 aliphatic heterocycles. The number of phenolic OH excluding ortho intramolecular Hbond substituents is 1. The van der Waals surface area contributed by atoms with E-state index in [1.54, 1.807) is 12.1 Å². The van der Waals surface area contributed by atoms with E-state index in [9.17, 15) is 9.90 Å². The molecule has 0 fully saturated rings. The van der Waals surface area contributed by atoms with Crippen molar-refractivity contribution in [3.63, 3.8) is 0 Å². The van der Waals surface area contributed by atoms with Crippen LogP contribution < -0.4 is 0 Å². The van der Waals surface area contributed by atoms with Gasteiger partial charge in [0.05, 0.1) is 12.2 Å². The van der Waals surface area contributed by atoms with Gasteiger partial charge in [-0.05, 0) is 50.5 Å². The molecule has 0 radical (unpaired) electrons. The van der Waals surface area contributed by atoms with Gasteiger partial charge >= 0.3 is 5.97 Å². The number of benzene rings is 1. The molecule has 1 N–H and O–H groups in total. The number of hydrogen-bond donors (Lipinski definition) is 1. The van der Waals surface area contributed by atoms with Crippen LogP contribution in [-0.4, -0.2) is 17.7 Å². The Morgan fingerprint density at radius 2 is 1.46 bits per heavy atom. The van der Waals surface area contributed by atoms with Crippen LogP contribution in [0, 0.1) is 0 Å². The number of esters is 1. The van der Waals surface area contributed by atoms with E-state index in [-0.39, 0.29) is 11.7 Å². The maximum Gasteiger partial charge on any atom is 0.338 e. The number of carbonyl (C=O) groups excluding carboxylic acids is 1. The molecule has 3 heteroatoms. The third-order valence-electron chi connectivity index (χ3n) is 4.09. The number of unbranched alkanes of at least 4 members (excludes halogenated alkanes) is 9. The SMILES string of the molecule is C/C=C/CCCCCCCCCCCOC(=O)c1ccc(O)cc1. The predicted molar refractivity (Wildman–Crippen MR) is 99.4 cm³/mol. The molecule has 134 valence electrons. The fourth-order valence-corrected chi connectivity index (χ4v) is 2.61. The van der Waals surface area contributed by atoms with Gasteiger partial charge in [0.15, 0.2) is 0 Å². The van der Waals surface area contributed by atoms with Gasteiger partial charge in [-0.2, -0.15) is 0 Å². The lowest BCUT2D eigenvalue weighted by molar-refractivity contribution is 0.0497. The van der Waals surface area contributed by atoms with Crippen molar-refractivity contribution < 1.29 is 14.6 Å². The lowest BCUT2D eigenvalue weighted by Crippen LogP contribution is -2.06. The summed E-state index contributed by atoms with van der Waals surface area (Å²) in [4.78, 5) is 11.7. The molecule has 0 aromatic heterocycles. The molecule has 0 bridgehead atoms. The van der Waals surface area contributed by atoms with Crippen LogP contribution in [0.3, 0.4) is 0 Å². The first-order chi connectivity index (χ1) is 11.7. The van der Waals surface area contributed by atoms with Crippen molar-refractivity contribution in [2.24, 2.45) is 0 Å². The maximum atomic E-state index is 11.7. The Labute approximate surface area is 146 Å². The van der Waals surface area contributed by atoms with Gasteiger partial charge in [-0.25, -0.2) is 4.79 Å². The van der Waals surface area contributed by atoms with E-state index < -0.39 is 0 Å². The summed E-state index contributed by atoms with van der Waals surface area (Å²) < 4.78 is 5.23. The van der Waals surface area contributed by atoms with Crippen molar-refractivity contribution >= 4 is 5.97 Å². The minimum absolute atomic E-state index is 0.157. The Morgan fingerprint density at radius 3 is 2.04 bits per heavy atom. The standard InChI is InChI=1S/C21H32O3/c1-2-3-4-5-6-7-8-9-10-11-12-13-18-24-21(23)19-14-16-20(22)17-15-19/h2-3,14-17,22H,4-13,18H2,1H3/b3-2+. The van der Waals surface area contributed by atoms with Crippen molar-refractivity contribution in [1.82, 2.24) is 0 Å². The summed E-state index contributed by atoms with van der Waals surface area (Å²) in [5.74, 6) is -0.155. The average Bonchev–Trinajstić information content (AvgIpc) is 2.59. The maximum absolute atomic E-state index is 11.7. The Morgan fingerprint density at radius 1 is 0.917 bits per heavy atom. The van der Waals surface area contributed by atoms with Crippen LogP contribution >= 0.6 is 0 Å². The number of carbonyl (C=O) groups is 1. The highest BCUT2D eigenvalue weighted by molar-refractivity contribution is 5.89. The first-order valence-electron chi connectivity index (χ1n) is 9.31. The Kier molecular flexibility index (Phi) is 11.5. The minimum Gasteiger partial charge on any atom is -0.508 e. The van der Waals surface area contributed by atoms with E-state index in [4.69, 9.17) is 4.74 Å². The van der Waals surface area contributed by atoms with Crippen molar-refractivity contribution in [3.05, 3.63) is 42.0 Å². The second kappa shape index (κ2) is 13.6. The highest BCUT2D eigenvalue weighted by Gasteiger charge is 2.06. The lowest BCUT2D eigenvalue weighted by Gasteiger charge is -2.05. The molecule has 3 nitrogen and oxygen atoms in total. The summed E-state index contributed by atoms with van der Waals surface area (Å²) in [6.07, 6.45) is 16.8. The Hall–Kier alpha value is -1.77. The van der Waals surface area contributed by atoms with E-state index in [2.05, 4.69) is 19.1 Å². The molecule has 0 atom stereocenters. The summed E-state index contributed by atoms with van der Waals surface area (Å²) in [5, 5.41) is 9.18. The minimum atomic E-state index is -0.312. The number of phenols is 1. The number of allylic oxidation sites excluding steroid dienone is 2. The van der Waals surface area contributed by atoms with Crippen molar-refractivity contribution in [2.75, 3.05) is 6.61 Å². The number of rotatable bonds is 13. The third kappa shape index (κ3) is 10.1. The quantitative estimate of drug-likeness (QED) is 0.273. The number of aromatic hydroxyl groups is 1. The first kappa shape index (κ1) is 20.3. The van der Waals surface area contributed by atoms with Gasteiger partial charge in [-0.1, -0.05) is 57.1 Å². The smallest absolute Gasteiger partial charge is 0.338 e. The average molecular weight is 332 g/mol. The second-order valence-electron chi connectivity index (χ2n) is 6.22. The van der Waals surface area contributed by atoms with Gasteiger partial charge in [0.2, 0.25) is 0 Å². The zero-order valence-corrected chi connectivity index (χ0v) is 15.0. The van der Waals surface area contributed by atoms with E-state index in [0.29, 0.717) is 12.2 Å². The molecule has 0 saturated heterocycles. The zero-order valence-electron chi connectivity index (χ0n) is 15.0. The summed E-state index contributed by atoms with van der Waals surface area (Å²) in [6, 6.07) is 6.15. The fourth-order valence-electron chi connectivity index (χ4n) is 2.61. The molecule has 0 amide bonds. The molecular weight excluding hydrogens is 300 g/mol. The van der Waals surface area contributed by atoms with Crippen LogP contribution in [0.1, 0.15) is 81.5 Å². The van der Waals surface area contributed by atoms with E-state index in [1.807, 2.05) is 0 Å². The van der Waals surface area contributed by atoms with Crippen LogP contribution in [0.2, 0.25) is 0 Å². The van der Waals surface area contributed by atoms with Gasteiger partial charge in [0.1, 0.15) is 5.75 Å². The molecule has 0 aliphatic rings. The zero-order chi connectivity index (χ0) is 17.5. The molecule has 24 heavy (non-hydrogen) atoms. The normalized spacial score (nSPS) is 11.0. The first-order valence-corrected chi connectivity index (χ1v) is 9.31. The van der Waals surface area contributed by atoms with Gasteiger partial charge in [-0.3, -0.25) is 0 Å². The van der Waals surface area contributed by atoms with Crippen molar-refractivity contribution in [3.8, 4) is 5.75 Å². The summed E-state index contributed by atoms with van der Waals surface area (Å²) in [5.41, 5.74) is 0.488. The molecule has 0 saturated carbocycles. The third-order valence-corrected chi connectivity index (χ3v) is 4.09. The highest BCUT2D eigenvalue weighted by atomic mass is 16.5. The van der Waals surface area contributed by atoms with Crippen LogP contribution in [0.5, 0.6) is 5.75 Å². The molecule has 0 spiro atoms. The van der Waals surface area contributed by atoms with Gasteiger partial charge < -0.3 is 9.84 Å². The summed E-state index contributed by atoms with van der Waals surface area (Å²) in [6.45, 7) is 2.55. The van der Waals surface area contributed by atoms with Crippen LogP contribution in [0.4, 0.5) is 0 Å². The van der Waals surface area contributed by atoms with E-state index in [1.165, 1.54) is 63.5 Å². The molecule has 0 heterocycles. The fraction of sp³-hybridized carbons (Fsp3) is 0.571. The molecular formula is C21H32O3. The largest absolute Gasteiger partial charge is 0.508 e. The second-order valence-corrected chi connectivity index (χ2v) is 6.22. The molecule has 1 aromatic rings. The lowest BCUT2D eigenvalue weighted by atomic mass is 10.1. The van der Waals surface area contributed by atoms with Crippen molar-refractivity contribution in [2.45, 2.75) is 71.1 Å².